The molecule has 0 aliphatic heterocycles. The first-order valence-corrected chi connectivity index (χ1v) is 8.98. The molecule has 132 valence electrons. The first-order valence-electron chi connectivity index (χ1n) is 8.22. The number of halogens is 2. The van der Waals surface area contributed by atoms with Gasteiger partial charge < -0.3 is 9.15 Å². The van der Waals surface area contributed by atoms with E-state index in [2.05, 4.69) is 0 Å². The molecule has 0 radical (unpaired) electrons. The maximum atomic E-state index is 12.3. The van der Waals surface area contributed by atoms with Crippen LogP contribution in [-0.4, -0.2) is 5.97 Å². The Bertz CT molecular complexity index is 1090. The first-order chi connectivity index (χ1) is 12.5. The molecule has 3 aromatic rings. The van der Waals surface area contributed by atoms with Gasteiger partial charge in [-0.25, -0.2) is 9.59 Å². The van der Waals surface area contributed by atoms with Gasteiger partial charge in [0.25, 0.3) is 0 Å². The molecule has 0 unspecified atom stereocenters. The number of carbonyl (C=O) groups is 1. The van der Waals surface area contributed by atoms with Crippen molar-refractivity contribution in [1.82, 2.24) is 0 Å². The Kier molecular flexibility index (Phi) is 4.47. The molecule has 4 rings (SSSR count). The summed E-state index contributed by atoms with van der Waals surface area (Å²) in [7, 11) is 0. The fraction of sp³-hybridized carbons (Fsp3) is 0.200. The number of carbonyl (C=O) groups excluding carboxylic acids is 1. The minimum Gasteiger partial charge on any atom is -0.457 e. The molecule has 0 amide bonds. The molecule has 1 aliphatic carbocycles. The van der Waals surface area contributed by atoms with Gasteiger partial charge in [-0.1, -0.05) is 29.3 Å². The van der Waals surface area contributed by atoms with Crippen molar-refractivity contribution >= 4 is 40.1 Å². The van der Waals surface area contributed by atoms with Crippen molar-refractivity contribution in [2.75, 3.05) is 0 Å². The average molecular weight is 389 g/mol. The molecule has 0 saturated carbocycles. The second-order valence-corrected chi connectivity index (χ2v) is 7.02. The average Bonchev–Trinajstić information content (AvgIpc) is 3.07. The predicted octanol–water partition coefficient (Wildman–Crippen LogP) is 4.95. The molecule has 1 aliphatic rings. The summed E-state index contributed by atoms with van der Waals surface area (Å²) < 4.78 is 10.7. The van der Waals surface area contributed by atoms with E-state index >= 15 is 0 Å². The summed E-state index contributed by atoms with van der Waals surface area (Å²) in [6, 6.07) is 10.1. The van der Waals surface area contributed by atoms with E-state index in [1.165, 1.54) is 17.2 Å². The third kappa shape index (κ3) is 3.11. The number of esters is 1. The van der Waals surface area contributed by atoms with Gasteiger partial charge in [0.2, 0.25) is 0 Å². The summed E-state index contributed by atoms with van der Waals surface area (Å²) in [5, 5.41) is 1.21. The standard InChI is InChI=1S/C20H14Cl2O4/c21-16-6-2-5-14(19(16)22)20(24)25-10-13-9-18(23)26-17-8-12-4-1-3-11(12)7-15(13)17/h2,5-9H,1,3-4,10H2. The van der Waals surface area contributed by atoms with Crippen molar-refractivity contribution in [3.8, 4) is 0 Å². The molecule has 0 fully saturated rings. The molecule has 0 bridgehead atoms. The highest BCUT2D eigenvalue weighted by Crippen LogP contribution is 2.29. The Morgan fingerprint density at radius 1 is 1.12 bits per heavy atom. The van der Waals surface area contributed by atoms with Crippen molar-refractivity contribution < 1.29 is 13.9 Å². The summed E-state index contributed by atoms with van der Waals surface area (Å²) >= 11 is 12.0. The van der Waals surface area contributed by atoms with Crippen molar-refractivity contribution in [1.29, 1.82) is 0 Å². The SMILES string of the molecule is O=C(OCc1cc(=O)oc2cc3c(cc12)CCC3)c1cccc(Cl)c1Cl. The second-order valence-electron chi connectivity index (χ2n) is 6.24. The second kappa shape index (κ2) is 6.78. The highest BCUT2D eigenvalue weighted by atomic mass is 35.5. The van der Waals surface area contributed by atoms with Gasteiger partial charge in [-0.3, -0.25) is 0 Å². The molecule has 0 spiro atoms. The normalized spacial score (nSPS) is 13.0. The van der Waals surface area contributed by atoms with E-state index < -0.39 is 11.6 Å². The van der Waals surface area contributed by atoms with Gasteiger partial charge in [0, 0.05) is 17.0 Å². The van der Waals surface area contributed by atoms with Crippen LogP contribution in [0.25, 0.3) is 11.0 Å². The Morgan fingerprint density at radius 3 is 2.69 bits per heavy atom. The van der Waals surface area contributed by atoms with Gasteiger partial charge in [-0.15, -0.1) is 0 Å². The number of hydrogen-bond acceptors (Lipinski definition) is 4. The summed E-state index contributed by atoms with van der Waals surface area (Å²) in [4.78, 5) is 24.2. The van der Waals surface area contributed by atoms with Crippen LogP contribution in [0, 0.1) is 0 Å². The Balaban J connectivity index is 1.66. The summed E-state index contributed by atoms with van der Waals surface area (Å²) in [5.74, 6) is -0.597. The molecule has 0 saturated heterocycles. The number of ether oxygens (including phenoxy) is 1. The molecule has 2 aromatic carbocycles. The van der Waals surface area contributed by atoms with E-state index in [0.29, 0.717) is 11.1 Å². The van der Waals surface area contributed by atoms with E-state index in [9.17, 15) is 9.59 Å². The summed E-state index contributed by atoms with van der Waals surface area (Å²) in [6.07, 6.45) is 3.08. The topological polar surface area (TPSA) is 56.5 Å². The van der Waals surface area contributed by atoms with Gasteiger partial charge >= 0.3 is 11.6 Å². The third-order valence-electron chi connectivity index (χ3n) is 4.57. The van der Waals surface area contributed by atoms with Gasteiger partial charge in [0.1, 0.15) is 12.2 Å². The molecule has 1 heterocycles. The zero-order chi connectivity index (χ0) is 18.3. The van der Waals surface area contributed by atoms with E-state index in [0.717, 1.165) is 24.6 Å². The molecule has 0 N–H and O–H groups in total. The minimum absolute atomic E-state index is 0.0530. The van der Waals surface area contributed by atoms with Crippen LogP contribution in [-0.2, 0) is 24.2 Å². The van der Waals surface area contributed by atoms with Crippen LogP contribution in [0.4, 0.5) is 0 Å². The van der Waals surface area contributed by atoms with Crippen molar-refractivity contribution in [3.05, 3.63) is 79.1 Å². The van der Waals surface area contributed by atoms with Crippen LogP contribution in [0.2, 0.25) is 10.0 Å². The monoisotopic (exact) mass is 388 g/mol. The van der Waals surface area contributed by atoms with Crippen LogP contribution < -0.4 is 5.63 Å². The molecule has 6 heteroatoms. The van der Waals surface area contributed by atoms with Crippen LogP contribution in [0.3, 0.4) is 0 Å². The lowest BCUT2D eigenvalue weighted by Gasteiger charge is -2.10. The molecule has 0 atom stereocenters. The van der Waals surface area contributed by atoms with E-state index in [1.807, 2.05) is 12.1 Å². The number of benzene rings is 2. The summed E-state index contributed by atoms with van der Waals surface area (Å²) in [5.41, 5.74) is 3.30. The van der Waals surface area contributed by atoms with E-state index in [4.69, 9.17) is 32.4 Å². The van der Waals surface area contributed by atoms with Crippen LogP contribution in [0.1, 0.15) is 33.5 Å². The molecule has 26 heavy (non-hydrogen) atoms. The van der Waals surface area contributed by atoms with E-state index in [1.54, 1.807) is 18.2 Å². The minimum atomic E-state index is -0.597. The highest BCUT2D eigenvalue weighted by molar-refractivity contribution is 6.43. The predicted molar refractivity (Wildman–Crippen MR) is 100 cm³/mol. The maximum absolute atomic E-state index is 12.3. The van der Waals surface area contributed by atoms with Crippen LogP contribution >= 0.6 is 23.2 Å². The smallest absolute Gasteiger partial charge is 0.340 e. The molecular formula is C20H14Cl2O4. The van der Waals surface area contributed by atoms with Crippen molar-refractivity contribution in [2.24, 2.45) is 0 Å². The Labute approximate surface area is 159 Å². The van der Waals surface area contributed by atoms with E-state index in [-0.39, 0.29) is 22.2 Å². The zero-order valence-electron chi connectivity index (χ0n) is 13.7. The lowest BCUT2D eigenvalue weighted by atomic mass is 10.0. The van der Waals surface area contributed by atoms with Crippen LogP contribution in [0.15, 0.2) is 45.6 Å². The third-order valence-corrected chi connectivity index (χ3v) is 5.39. The quantitative estimate of drug-likeness (QED) is 0.470. The Hall–Kier alpha value is -2.30. The number of hydrogen-bond donors (Lipinski definition) is 0. The van der Waals surface area contributed by atoms with Gasteiger partial charge in [-0.05, 0) is 54.7 Å². The number of fused-ring (bicyclic) bond motifs is 2. The zero-order valence-corrected chi connectivity index (χ0v) is 15.2. The van der Waals surface area contributed by atoms with Crippen molar-refractivity contribution in [3.63, 3.8) is 0 Å². The molecule has 1 aromatic heterocycles. The Morgan fingerprint density at radius 2 is 1.88 bits per heavy atom. The van der Waals surface area contributed by atoms with Gasteiger partial charge in [0.15, 0.2) is 0 Å². The maximum Gasteiger partial charge on any atom is 0.340 e. The number of aryl methyl sites for hydroxylation is 2. The molecule has 4 nitrogen and oxygen atoms in total. The fourth-order valence-corrected chi connectivity index (χ4v) is 3.67. The largest absolute Gasteiger partial charge is 0.457 e. The highest BCUT2D eigenvalue weighted by Gasteiger charge is 2.18. The number of rotatable bonds is 3. The molecular weight excluding hydrogens is 375 g/mol. The lowest BCUT2D eigenvalue weighted by molar-refractivity contribution is 0.0474. The van der Waals surface area contributed by atoms with Gasteiger partial charge in [0.05, 0.1) is 15.6 Å². The van der Waals surface area contributed by atoms with Crippen molar-refractivity contribution in [2.45, 2.75) is 25.9 Å². The van der Waals surface area contributed by atoms with Crippen LogP contribution in [0.5, 0.6) is 0 Å². The lowest BCUT2D eigenvalue weighted by Crippen LogP contribution is -2.08. The van der Waals surface area contributed by atoms with Gasteiger partial charge in [-0.2, -0.15) is 0 Å². The summed E-state index contributed by atoms with van der Waals surface area (Å²) in [6.45, 7) is -0.0530. The fourth-order valence-electron chi connectivity index (χ4n) is 3.30. The first kappa shape index (κ1) is 17.1.